The maximum Gasteiger partial charge on any atom is 0.251 e. The van der Waals surface area contributed by atoms with Crippen LogP contribution in [0.25, 0.3) is 0 Å². The first-order valence-corrected chi connectivity index (χ1v) is 7.73. The quantitative estimate of drug-likeness (QED) is 0.772. The van der Waals surface area contributed by atoms with Crippen molar-refractivity contribution in [3.8, 4) is 12.3 Å². The maximum absolute atomic E-state index is 11.8. The zero-order chi connectivity index (χ0) is 15.2. The van der Waals surface area contributed by atoms with Crippen LogP contribution in [0.4, 0.5) is 0 Å². The van der Waals surface area contributed by atoms with Gasteiger partial charge in [0.05, 0.1) is 11.4 Å². The Hall–Kier alpha value is -1.84. The molecule has 20 heavy (non-hydrogen) atoms. The Morgan fingerprint density at radius 2 is 1.95 bits per heavy atom. The topological polar surface area (TPSA) is 75.3 Å². The van der Waals surface area contributed by atoms with Gasteiger partial charge in [-0.2, -0.15) is 4.72 Å². The summed E-state index contributed by atoms with van der Waals surface area (Å²) >= 11 is 0. The van der Waals surface area contributed by atoms with Crippen LogP contribution in [0.2, 0.25) is 0 Å². The standard InChI is InChI=1S/C14H18N2O3S/c1-4-10-15-20(18,19)13-8-6-12(7-9-13)14(17)16-11(3)5-2/h1,6-9,11,15H,5,10H2,2-3H3,(H,16,17)/t11-/m1/s1. The highest BCUT2D eigenvalue weighted by molar-refractivity contribution is 7.89. The molecule has 1 amide bonds. The molecule has 6 heteroatoms. The number of nitrogens with one attached hydrogen (secondary N) is 2. The molecule has 0 aliphatic carbocycles. The van der Waals surface area contributed by atoms with Crippen molar-refractivity contribution in [1.29, 1.82) is 0 Å². The van der Waals surface area contributed by atoms with Crippen molar-refractivity contribution in [2.75, 3.05) is 6.54 Å². The molecule has 5 nitrogen and oxygen atoms in total. The molecule has 1 atom stereocenters. The van der Waals surface area contributed by atoms with E-state index in [2.05, 4.69) is 16.0 Å². The second-order valence-electron chi connectivity index (χ2n) is 4.34. The SMILES string of the molecule is C#CCNS(=O)(=O)c1ccc(C(=O)N[C@H](C)CC)cc1. The summed E-state index contributed by atoms with van der Waals surface area (Å²) in [5.74, 6) is 1.97. The lowest BCUT2D eigenvalue weighted by Gasteiger charge is -2.11. The van der Waals surface area contributed by atoms with Crippen LogP contribution in [0.5, 0.6) is 0 Å². The molecule has 0 bridgehead atoms. The third kappa shape index (κ3) is 4.37. The zero-order valence-corrected chi connectivity index (χ0v) is 12.3. The smallest absolute Gasteiger partial charge is 0.251 e. The second kappa shape index (κ2) is 7.08. The summed E-state index contributed by atoms with van der Waals surface area (Å²) in [4.78, 5) is 11.9. The summed E-state index contributed by atoms with van der Waals surface area (Å²) in [6, 6.07) is 5.78. The van der Waals surface area contributed by atoms with E-state index < -0.39 is 10.0 Å². The average Bonchev–Trinajstić information content (AvgIpc) is 2.45. The lowest BCUT2D eigenvalue weighted by molar-refractivity contribution is 0.0939. The Morgan fingerprint density at radius 3 is 2.45 bits per heavy atom. The molecule has 0 saturated heterocycles. The van der Waals surface area contributed by atoms with Crippen LogP contribution < -0.4 is 10.0 Å². The van der Waals surface area contributed by atoms with Gasteiger partial charge in [-0.15, -0.1) is 6.42 Å². The lowest BCUT2D eigenvalue weighted by atomic mass is 10.2. The molecule has 0 spiro atoms. The summed E-state index contributed by atoms with van der Waals surface area (Å²) < 4.78 is 25.8. The van der Waals surface area contributed by atoms with Gasteiger partial charge in [0.15, 0.2) is 0 Å². The Balaban J connectivity index is 2.84. The first-order chi connectivity index (χ1) is 9.40. The second-order valence-corrected chi connectivity index (χ2v) is 6.10. The van der Waals surface area contributed by atoms with Gasteiger partial charge in [0.2, 0.25) is 10.0 Å². The van der Waals surface area contributed by atoms with Gasteiger partial charge < -0.3 is 5.32 Å². The van der Waals surface area contributed by atoms with Crippen molar-refractivity contribution < 1.29 is 13.2 Å². The number of carbonyl (C=O) groups excluding carboxylic acids is 1. The largest absolute Gasteiger partial charge is 0.350 e. The minimum absolute atomic E-state index is 0.0708. The zero-order valence-electron chi connectivity index (χ0n) is 11.5. The van der Waals surface area contributed by atoms with E-state index in [-0.39, 0.29) is 23.4 Å². The Bertz CT molecular complexity index is 600. The predicted molar refractivity (Wildman–Crippen MR) is 77.7 cm³/mol. The van der Waals surface area contributed by atoms with Crippen molar-refractivity contribution in [3.63, 3.8) is 0 Å². The summed E-state index contributed by atoms with van der Waals surface area (Å²) in [7, 11) is -3.62. The number of hydrogen-bond donors (Lipinski definition) is 2. The number of terminal acetylenes is 1. The van der Waals surface area contributed by atoms with Crippen LogP contribution in [-0.4, -0.2) is 26.9 Å². The fourth-order valence-corrected chi connectivity index (χ4v) is 2.35. The van der Waals surface area contributed by atoms with Crippen LogP contribution in [0, 0.1) is 12.3 Å². The van der Waals surface area contributed by atoms with E-state index in [9.17, 15) is 13.2 Å². The van der Waals surface area contributed by atoms with E-state index in [4.69, 9.17) is 6.42 Å². The molecule has 0 aliphatic rings. The number of rotatable bonds is 6. The molecular weight excluding hydrogens is 276 g/mol. The van der Waals surface area contributed by atoms with Gasteiger partial charge in [0, 0.05) is 11.6 Å². The highest BCUT2D eigenvalue weighted by Crippen LogP contribution is 2.10. The summed E-state index contributed by atoms with van der Waals surface area (Å²) in [5.41, 5.74) is 0.418. The first kappa shape index (κ1) is 16.2. The number of amides is 1. The molecule has 0 aromatic heterocycles. The highest BCUT2D eigenvalue weighted by atomic mass is 32.2. The molecule has 2 N–H and O–H groups in total. The summed E-state index contributed by atoms with van der Waals surface area (Å²) in [5, 5.41) is 2.81. The molecule has 0 unspecified atom stereocenters. The van der Waals surface area contributed by atoms with Crippen molar-refractivity contribution in [2.24, 2.45) is 0 Å². The number of benzene rings is 1. The van der Waals surface area contributed by atoms with Gasteiger partial charge in [-0.25, -0.2) is 8.42 Å². The fourth-order valence-electron chi connectivity index (χ4n) is 1.41. The molecule has 0 radical (unpaired) electrons. The fraction of sp³-hybridized carbons (Fsp3) is 0.357. The van der Waals surface area contributed by atoms with Crippen LogP contribution in [0.3, 0.4) is 0 Å². The van der Waals surface area contributed by atoms with Crippen LogP contribution >= 0.6 is 0 Å². The molecule has 0 heterocycles. The lowest BCUT2D eigenvalue weighted by Crippen LogP contribution is -2.32. The van der Waals surface area contributed by atoms with E-state index in [1.165, 1.54) is 24.3 Å². The Morgan fingerprint density at radius 1 is 1.35 bits per heavy atom. The minimum Gasteiger partial charge on any atom is -0.350 e. The van der Waals surface area contributed by atoms with Crippen LogP contribution in [0.1, 0.15) is 30.6 Å². The summed E-state index contributed by atoms with van der Waals surface area (Å²) in [6.45, 7) is 3.80. The van der Waals surface area contributed by atoms with Crippen LogP contribution in [0.15, 0.2) is 29.2 Å². The van der Waals surface area contributed by atoms with E-state index in [0.29, 0.717) is 5.56 Å². The molecule has 0 aliphatic heterocycles. The van der Waals surface area contributed by atoms with Gasteiger partial charge in [0.1, 0.15) is 0 Å². The number of hydrogen-bond acceptors (Lipinski definition) is 3. The molecule has 0 fully saturated rings. The first-order valence-electron chi connectivity index (χ1n) is 6.24. The van der Waals surface area contributed by atoms with E-state index >= 15 is 0 Å². The molecule has 108 valence electrons. The summed E-state index contributed by atoms with van der Waals surface area (Å²) in [6.07, 6.45) is 5.83. The number of sulfonamides is 1. The normalized spacial score (nSPS) is 12.4. The van der Waals surface area contributed by atoms with Crippen molar-refractivity contribution in [3.05, 3.63) is 29.8 Å². The van der Waals surface area contributed by atoms with Gasteiger partial charge in [0.25, 0.3) is 5.91 Å². The molecule has 1 aromatic rings. The predicted octanol–water partition coefficient (Wildman–Crippen LogP) is 1.13. The highest BCUT2D eigenvalue weighted by Gasteiger charge is 2.14. The Labute approximate surface area is 119 Å². The van der Waals surface area contributed by atoms with Crippen molar-refractivity contribution in [2.45, 2.75) is 31.2 Å². The molecule has 0 saturated carbocycles. The third-order valence-corrected chi connectivity index (χ3v) is 4.20. The molecule has 1 rings (SSSR count). The third-order valence-electron chi connectivity index (χ3n) is 2.78. The van der Waals surface area contributed by atoms with E-state index in [0.717, 1.165) is 6.42 Å². The van der Waals surface area contributed by atoms with Gasteiger partial charge in [-0.1, -0.05) is 12.8 Å². The molecule has 1 aromatic carbocycles. The molecular formula is C14H18N2O3S. The van der Waals surface area contributed by atoms with Crippen LogP contribution in [-0.2, 0) is 10.0 Å². The van der Waals surface area contributed by atoms with E-state index in [1.807, 2.05) is 13.8 Å². The van der Waals surface area contributed by atoms with Gasteiger partial charge >= 0.3 is 0 Å². The van der Waals surface area contributed by atoms with E-state index in [1.54, 1.807) is 0 Å². The average molecular weight is 294 g/mol. The minimum atomic E-state index is -3.62. The maximum atomic E-state index is 11.8. The Kier molecular flexibility index (Phi) is 5.74. The monoisotopic (exact) mass is 294 g/mol. The van der Waals surface area contributed by atoms with Gasteiger partial charge in [-0.3, -0.25) is 4.79 Å². The van der Waals surface area contributed by atoms with Gasteiger partial charge in [-0.05, 0) is 37.6 Å². The number of carbonyl (C=O) groups is 1. The van der Waals surface area contributed by atoms with Crippen molar-refractivity contribution in [1.82, 2.24) is 10.0 Å². The van der Waals surface area contributed by atoms with Crippen molar-refractivity contribution >= 4 is 15.9 Å².